The fourth-order valence-corrected chi connectivity index (χ4v) is 11.9. The van der Waals surface area contributed by atoms with Gasteiger partial charge in [-0.05, 0) is 104 Å². The first-order valence-electron chi connectivity index (χ1n) is 20.2. The second-order valence-corrected chi connectivity index (χ2v) is 16.8. The lowest BCUT2D eigenvalue weighted by molar-refractivity contribution is 0.830. The summed E-state index contributed by atoms with van der Waals surface area (Å²) >= 11 is 0. The van der Waals surface area contributed by atoms with Crippen molar-refractivity contribution in [3.63, 3.8) is 0 Å². The Kier molecular flexibility index (Phi) is 10.3. The van der Waals surface area contributed by atoms with Crippen LogP contribution in [0.5, 0.6) is 0 Å². The van der Waals surface area contributed by atoms with Gasteiger partial charge in [-0.2, -0.15) is 0 Å². The molecule has 2 aliphatic carbocycles. The van der Waals surface area contributed by atoms with E-state index in [4.69, 9.17) is 0 Å². The van der Waals surface area contributed by atoms with Crippen LogP contribution in [0.25, 0.3) is 56.7 Å². The summed E-state index contributed by atoms with van der Waals surface area (Å²) in [5.74, 6) is 1.06. The molecule has 0 amide bonds. The highest BCUT2D eigenvalue weighted by atomic mass is 28.2. The Morgan fingerprint density at radius 3 is 1.19 bits per heavy atom. The third-order valence-electron chi connectivity index (χ3n) is 12.2. The van der Waals surface area contributed by atoms with Gasteiger partial charge >= 0.3 is 0 Å². The van der Waals surface area contributed by atoms with Crippen LogP contribution in [-0.4, -0.2) is 9.52 Å². The zero-order valence-electron chi connectivity index (χ0n) is 32.0. The summed E-state index contributed by atoms with van der Waals surface area (Å²) < 4.78 is 0. The van der Waals surface area contributed by atoms with Crippen molar-refractivity contribution < 1.29 is 0 Å². The Hall–Kier alpha value is -4.98. The molecule has 264 valence electrons. The van der Waals surface area contributed by atoms with Gasteiger partial charge in [-0.3, -0.25) is 0 Å². The van der Waals surface area contributed by atoms with E-state index in [2.05, 4.69) is 173 Å². The molecular weight excluding hydrogens is 653 g/mol. The molecule has 0 fully saturated rings. The number of hydrogen-bond acceptors (Lipinski definition) is 0. The highest BCUT2D eigenvalue weighted by Gasteiger charge is 2.31. The molecular formula is C52H52Si. The van der Waals surface area contributed by atoms with E-state index in [-0.39, 0.29) is 9.52 Å². The van der Waals surface area contributed by atoms with Crippen LogP contribution in [0.2, 0.25) is 12.1 Å². The van der Waals surface area contributed by atoms with E-state index in [1.54, 1.807) is 22.3 Å². The van der Waals surface area contributed by atoms with Crippen molar-refractivity contribution >= 4 is 21.7 Å². The third-order valence-corrected chi connectivity index (χ3v) is 14.1. The summed E-state index contributed by atoms with van der Waals surface area (Å²) in [6.07, 6.45) is 9.46. The predicted octanol–water partition coefficient (Wildman–Crippen LogP) is 14.0. The lowest BCUT2D eigenvalue weighted by Crippen LogP contribution is -2.08. The molecule has 2 unspecified atom stereocenters. The molecule has 2 atom stereocenters. The van der Waals surface area contributed by atoms with E-state index >= 15 is 0 Å². The number of hydrogen-bond donors (Lipinski definition) is 0. The minimum Gasteiger partial charge on any atom is -0.0626 e. The highest BCUT2D eigenvalue weighted by Crippen LogP contribution is 2.51. The first kappa shape index (κ1) is 35.1. The minimum atomic E-state index is -0.386. The van der Waals surface area contributed by atoms with Crippen molar-refractivity contribution in [2.45, 2.75) is 77.3 Å². The average Bonchev–Trinajstić information content (AvgIpc) is 3.78. The Labute approximate surface area is 320 Å². The molecule has 8 rings (SSSR count). The lowest BCUT2D eigenvalue weighted by atomic mass is 9.85. The Morgan fingerprint density at radius 1 is 0.396 bits per heavy atom. The van der Waals surface area contributed by atoms with E-state index in [1.807, 2.05) is 0 Å². The Bertz CT molecular complexity index is 2140. The summed E-state index contributed by atoms with van der Waals surface area (Å²) in [5, 5.41) is 0. The number of allylic oxidation sites excluding steroid dienone is 2. The zero-order valence-corrected chi connectivity index (χ0v) is 33.4. The molecule has 0 aromatic heterocycles. The molecule has 0 radical (unpaired) electrons. The SMILES string of the molecule is CCC1=Cc2c(ccc(-c3ccccc3)c2-c2ccccc2CC)C1C[SiH2]CC1C(CC)=Cc2c1ccc(-c1ccccc1)c2-c1ccccc1CC. The smallest absolute Gasteiger partial charge is 0.0218 e. The van der Waals surface area contributed by atoms with E-state index in [1.165, 1.54) is 78.8 Å². The molecule has 0 spiro atoms. The van der Waals surface area contributed by atoms with E-state index < -0.39 is 0 Å². The first-order chi connectivity index (χ1) is 26.1. The van der Waals surface area contributed by atoms with Crippen molar-refractivity contribution in [2.24, 2.45) is 0 Å². The van der Waals surface area contributed by atoms with Crippen LogP contribution in [0, 0.1) is 0 Å². The highest BCUT2D eigenvalue weighted by molar-refractivity contribution is 6.36. The monoisotopic (exact) mass is 704 g/mol. The van der Waals surface area contributed by atoms with Crippen LogP contribution >= 0.6 is 0 Å². The second kappa shape index (κ2) is 15.5. The summed E-state index contributed by atoms with van der Waals surface area (Å²) in [4.78, 5) is 0. The molecule has 1 heteroatoms. The topological polar surface area (TPSA) is 0 Å². The van der Waals surface area contributed by atoms with Crippen LogP contribution in [0.15, 0.2) is 145 Å². The number of rotatable bonds is 12. The summed E-state index contributed by atoms with van der Waals surface area (Å²) in [5.41, 5.74) is 23.1. The number of aryl methyl sites for hydroxylation is 2. The van der Waals surface area contributed by atoms with Crippen molar-refractivity contribution in [1.82, 2.24) is 0 Å². The van der Waals surface area contributed by atoms with Crippen molar-refractivity contribution in [3.05, 3.63) is 178 Å². The van der Waals surface area contributed by atoms with Gasteiger partial charge in [0.05, 0.1) is 0 Å². The maximum absolute atomic E-state index is 2.59. The van der Waals surface area contributed by atoms with Crippen LogP contribution < -0.4 is 0 Å². The summed E-state index contributed by atoms with van der Waals surface area (Å²) in [6, 6.07) is 52.7. The van der Waals surface area contributed by atoms with Crippen molar-refractivity contribution in [3.8, 4) is 44.5 Å². The Balaban J connectivity index is 1.14. The Morgan fingerprint density at radius 2 is 0.792 bits per heavy atom. The van der Waals surface area contributed by atoms with E-state index in [0.717, 1.165) is 25.7 Å². The fourth-order valence-electron chi connectivity index (χ4n) is 9.51. The van der Waals surface area contributed by atoms with Gasteiger partial charge < -0.3 is 0 Å². The second-order valence-electron chi connectivity index (χ2n) is 14.9. The maximum atomic E-state index is 2.59. The molecule has 0 nitrogen and oxygen atoms in total. The maximum Gasteiger partial charge on any atom is 0.0218 e. The largest absolute Gasteiger partial charge is 0.0626 e. The zero-order chi connectivity index (χ0) is 36.3. The molecule has 0 bridgehead atoms. The third kappa shape index (κ3) is 6.51. The molecule has 0 heterocycles. The van der Waals surface area contributed by atoms with Gasteiger partial charge in [0.15, 0.2) is 0 Å². The van der Waals surface area contributed by atoms with E-state index in [9.17, 15) is 0 Å². The molecule has 0 aliphatic heterocycles. The minimum absolute atomic E-state index is 0.386. The number of benzene rings is 6. The van der Waals surface area contributed by atoms with Crippen LogP contribution in [0.1, 0.15) is 85.8 Å². The van der Waals surface area contributed by atoms with Crippen LogP contribution in [0.3, 0.4) is 0 Å². The normalized spacial score (nSPS) is 16.2. The molecule has 53 heavy (non-hydrogen) atoms. The summed E-state index contributed by atoms with van der Waals surface area (Å²) in [6.45, 7) is 9.32. The van der Waals surface area contributed by atoms with Gasteiger partial charge in [-0.15, -0.1) is 0 Å². The predicted molar refractivity (Wildman–Crippen MR) is 234 cm³/mol. The van der Waals surface area contributed by atoms with Gasteiger partial charge in [0.1, 0.15) is 0 Å². The van der Waals surface area contributed by atoms with Crippen molar-refractivity contribution in [1.29, 1.82) is 0 Å². The number of fused-ring (bicyclic) bond motifs is 2. The lowest BCUT2D eigenvalue weighted by Gasteiger charge is -2.22. The van der Waals surface area contributed by atoms with Crippen molar-refractivity contribution in [2.75, 3.05) is 0 Å². The molecule has 6 aromatic rings. The first-order valence-corrected chi connectivity index (χ1v) is 22.2. The van der Waals surface area contributed by atoms with Gasteiger partial charge in [0.2, 0.25) is 0 Å². The molecule has 0 saturated carbocycles. The quantitative estimate of drug-likeness (QED) is 0.111. The van der Waals surface area contributed by atoms with E-state index in [0.29, 0.717) is 11.8 Å². The van der Waals surface area contributed by atoms with Crippen LogP contribution in [-0.2, 0) is 12.8 Å². The molecule has 2 aliphatic rings. The molecule has 6 aromatic carbocycles. The van der Waals surface area contributed by atoms with Gasteiger partial charge in [-0.1, -0.05) is 197 Å². The molecule has 0 saturated heterocycles. The van der Waals surface area contributed by atoms with Gasteiger partial charge in [0, 0.05) is 21.4 Å². The fraction of sp³-hybridized carbons (Fsp3) is 0.231. The van der Waals surface area contributed by atoms with Gasteiger partial charge in [0.25, 0.3) is 0 Å². The molecule has 0 N–H and O–H groups in total. The summed E-state index contributed by atoms with van der Waals surface area (Å²) in [7, 11) is -0.386. The van der Waals surface area contributed by atoms with Crippen LogP contribution in [0.4, 0.5) is 0 Å². The average molecular weight is 705 g/mol. The standard InChI is InChI=1S/C52H52Si/c1-5-35-19-15-17-25-41(35)51-43(39-21-11-9-12-22-39)27-29-45-47(51)31-37(7-3)49(45)33-53-34-50-38(8-4)32-48-46(50)30-28-44(40-23-13-10-14-24-40)52(48)42-26-18-16-20-36(42)6-2/h9-32,49-50H,5-8,33-34,53H2,1-4H3. The van der Waals surface area contributed by atoms with Gasteiger partial charge in [-0.25, -0.2) is 0 Å².